The summed E-state index contributed by atoms with van der Waals surface area (Å²) in [6, 6.07) is 9.87. The quantitative estimate of drug-likeness (QED) is 0.668. The highest BCUT2D eigenvalue weighted by atomic mass is 79.9. The van der Waals surface area contributed by atoms with E-state index in [2.05, 4.69) is 59.1 Å². The fourth-order valence-corrected chi connectivity index (χ4v) is 2.76. The first kappa shape index (κ1) is 19.4. The molecule has 25 heavy (non-hydrogen) atoms. The summed E-state index contributed by atoms with van der Waals surface area (Å²) in [4.78, 5) is 16.1. The molecule has 0 saturated heterocycles. The van der Waals surface area contributed by atoms with Crippen molar-refractivity contribution in [3.05, 3.63) is 52.3 Å². The molecule has 0 spiro atoms. The van der Waals surface area contributed by atoms with Gasteiger partial charge in [-0.25, -0.2) is 0 Å². The van der Waals surface area contributed by atoms with Gasteiger partial charge in [0.05, 0.1) is 23.0 Å². The Kier molecular flexibility index (Phi) is 6.59. The van der Waals surface area contributed by atoms with E-state index < -0.39 is 0 Å². The Morgan fingerprint density at radius 3 is 2.60 bits per heavy atom. The first-order chi connectivity index (χ1) is 11.8. The maximum Gasteiger partial charge on any atom is 0.224 e. The van der Waals surface area contributed by atoms with Crippen molar-refractivity contribution in [3.8, 4) is 5.75 Å². The third kappa shape index (κ3) is 6.16. The number of anilines is 1. The molecule has 0 bridgehead atoms. The van der Waals surface area contributed by atoms with Crippen LogP contribution in [0.5, 0.6) is 5.75 Å². The van der Waals surface area contributed by atoms with Crippen LogP contribution in [0.4, 0.5) is 5.69 Å². The van der Waals surface area contributed by atoms with Crippen molar-refractivity contribution in [3.63, 3.8) is 0 Å². The molecule has 0 saturated carbocycles. The number of halogens is 1. The number of hydrogen-bond acceptors (Lipinski definition) is 3. The predicted octanol–water partition coefficient (Wildman–Crippen LogP) is 5.25. The van der Waals surface area contributed by atoms with E-state index in [0.29, 0.717) is 19.4 Å². The molecule has 5 heteroatoms. The number of pyridine rings is 1. The molecule has 2 aromatic rings. The predicted molar refractivity (Wildman–Crippen MR) is 105 cm³/mol. The Morgan fingerprint density at radius 2 is 2.00 bits per heavy atom. The fraction of sp³-hybridized carbons (Fsp3) is 0.400. The van der Waals surface area contributed by atoms with Crippen LogP contribution >= 0.6 is 15.9 Å². The second kappa shape index (κ2) is 8.48. The average Bonchev–Trinajstić information content (AvgIpc) is 2.54. The van der Waals surface area contributed by atoms with Gasteiger partial charge < -0.3 is 10.1 Å². The van der Waals surface area contributed by atoms with Crippen LogP contribution in [0.1, 0.15) is 44.9 Å². The SMILES string of the molecule is Cc1ccc(NC(=O)CCCOc2ccc(C(C)(C)C)cc2Br)cn1. The van der Waals surface area contributed by atoms with E-state index in [1.165, 1.54) is 5.56 Å². The minimum atomic E-state index is -0.0311. The van der Waals surface area contributed by atoms with Gasteiger partial charge in [0.25, 0.3) is 0 Å². The maximum atomic E-state index is 11.9. The van der Waals surface area contributed by atoms with Crippen LogP contribution in [-0.4, -0.2) is 17.5 Å². The Bertz CT molecular complexity index is 721. The van der Waals surface area contributed by atoms with E-state index in [1.807, 2.05) is 25.1 Å². The second-order valence-corrected chi connectivity index (χ2v) is 7.94. The number of benzene rings is 1. The lowest BCUT2D eigenvalue weighted by atomic mass is 9.87. The summed E-state index contributed by atoms with van der Waals surface area (Å²) in [5.74, 6) is 0.771. The van der Waals surface area contributed by atoms with E-state index in [9.17, 15) is 4.79 Å². The zero-order chi connectivity index (χ0) is 18.4. The Hall–Kier alpha value is -1.88. The summed E-state index contributed by atoms with van der Waals surface area (Å²) >= 11 is 3.56. The lowest BCUT2D eigenvalue weighted by Gasteiger charge is -2.20. The summed E-state index contributed by atoms with van der Waals surface area (Å²) < 4.78 is 6.72. The number of rotatable bonds is 6. The van der Waals surface area contributed by atoms with Crippen LogP contribution in [-0.2, 0) is 10.2 Å². The molecular weight excluding hydrogens is 380 g/mol. The number of carbonyl (C=O) groups excluding carboxylic acids is 1. The molecule has 0 unspecified atom stereocenters. The zero-order valence-electron chi connectivity index (χ0n) is 15.2. The standard InChI is InChI=1S/C20H25BrN2O2/c1-14-7-9-16(13-22-14)23-19(24)6-5-11-25-18-10-8-15(12-17(18)21)20(2,3)4/h7-10,12-13H,5-6,11H2,1-4H3,(H,23,24). The van der Waals surface area contributed by atoms with E-state index in [-0.39, 0.29) is 11.3 Å². The first-order valence-corrected chi connectivity index (χ1v) is 9.20. The number of aromatic nitrogens is 1. The molecule has 0 aliphatic heterocycles. The molecule has 0 atom stereocenters. The van der Waals surface area contributed by atoms with Crippen LogP contribution in [0.3, 0.4) is 0 Å². The number of carbonyl (C=O) groups is 1. The van der Waals surface area contributed by atoms with Crippen molar-refractivity contribution in [2.45, 2.75) is 46.0 Å². The number of ether oxygens (including phenoxy) is 1. The molecule has 0 fully saturated rings. The van der Waals surface area contributed by atoms with E-state index >= 15 is 0 Å². The van der Waals surface area contributed by atoms with Gasteiger partial charge >= 0.3 is 0 Å². The van der Waals surface area contributed by atoms with Crippen molar-refractivity contribution in [2.75, 3.05) is 11.9 Å². The van der Waals surface area contributed by atoms with Gasteiger partial charge in [-0.15, -0.1) is 0 Å². The number of nitrogens with zero attached hydrogens (tertiary/aromatic N) is 1. The number of aryl methyl sites for hydroxylation is 1. The summed E-state index contributed by atoms with van der Waals surface area (Å²) in [5, 5.41) is 2.84. The largest absolute Gasteiger partial charge is 0.492 e. The van der Waals surface area contributed by atoms with Gasteiger partial charge in [-0.1, -0.05) is 26.8 Å². The third-order valence-corrected chi connectivity index (χ3v) is 4.42. The molecule has 0 aliphatic carbocycles. The lowest BCUT2D eigenvalue weighted by Crippen LogP contribution is -2.13. The van der Waals surface area contributed by atoms with Crippen molar-refractivity contribution < 1.29 is 9.53 Å². The Morgan fingerprint density at radius 1 is 1.24 bits per heavy atom. The van der Waals surface area contributed by atoms with E-state index in [1.54, 1.807) is 6.20 Å². The van der Waals surface area contributed by atoms with Gasteiger partial charge in [0.2, 0.25) is 5.91 Å². The fourth-order valence-electron chi connectivity index (χ4n) is 2.26. The smallest absolute Gasteiger partial charge is 0.224 e. The normalized spacial score (nSPS) is 11.2. The van der Waals surface area contributed by atoms with Gasteiger partial charge in [0, 0.05) is 12.1 Å². The topological polar surface area (TPSA) is 51.2 Å². The molecule has 134 valence electrons. The molecule has 1 aromatic carbocycles. The molecule has 0 aliphatic rings. The van der Waals surface area contributed by atoms with Gasteiger partial charge in [0.15, 0.2) is 0 Å². The van der Waals surface area contributed by atoms with Crippen LogP contribution < -0.4 is 10.1 Å². The Labute approximate surface area is 158 Å². The molecule has 4 nitrogen and oxygen atoms in total. The highest BCUT2D eigenvalue weighted by Crippen LogP contribution is 2.31. The van der Waals surface area contributed by atoms with E-state index in [0.717, 1.165) is 21.6 Å². The highest BCUT2D eigenvalue weighted by molar-refractivity contribution is 9.10. The minimum Gasteiger partial charge on any atom is -0.492 e. The molecular formula is C20H25BrN2O2. The monoisotopic (exact) mass is 404 g/mol. The van der Waals surface area contributed by atoms with Crippen molar-refractivity contribution in [1.82, 2.24) is 4.98 Å². The summed E-state index contributed by atoms with van der Waals surface area (Å²) in [6.45, 7) is 8.94. The van der Waals surface area contributed by atoms with Crippen LogP contribution in [0, 0.1) is 6.92 Å². The van der Waals surface area contributed by atoms with E-state index in [4.69, 9.17) is 4.74 Å². The highest BCUT2D eigenvalue weighted by Gasteiger charge is 2.15. The number of amides is 1. The van der Waals surface area contributed by atoms with Gasteiger partial charge in [-0.2, -0.15) is 0 Å². The molecule has 0 radical (unpaired) electrons. The molecule has 1 heterocycles. The van der Waals surface area contributed by atoms with Crippen LogP contribution in [0.2, 0.25) is 0 Å². The summed E-state index contributed by atoms with van der Waals surface area (Å²) in [7, 11) is 0. The van der Waals surface area contributed by atoms with Crippen LogP contribution in [0.25, 0.3) is 0 Å². The summed E-state index contributed by atoms with van der Waals surface area (Å²) in [5.41, 5.74) is 2.99. The van der Waals surface area contributed by atoms with Crippen molar-refractivity contribution >= 4 is 27.5 Å². The Balaban J connectivity index is 1.77. The van der Waals surface area contributed by atoms with Gasteiger partial charge in [-0.3, -0.25) is 9.78 Å². The van der Waals surface area contributed by atoms with Crippen molar-refractivity contribution in [2.24, 2.45) is 0 Å². The molecule has 1 aromatic heterocycles. The van der Waals surface area contributed by atoms with Gasteiger partial charge in [0.1, 0.15) is 5.75 Å². The molecule has 1 amide bonds. The van der Waals surface area contributed by atoms with Gasteiger partial charge in [-0.05, 0) is 64.5 Å². The third-order valence-electron chi connectivity index (χ3n) is 3.80. The molecule has 2 rings (SSSR count). The first-order valence-electron chi connectivity index (χ1n) is 8.41. The lowest BCUT2D eigenvalue weighted by molar-refractivity contribution is -0.116. The maximum absolute atomic E-state index is 11.9. The number of hydrogen-bond donors (Lipinski definition) is 1. The molecule has 1 N–H and O–H groups in total. The zero-order valence-corrected chi connectivity index (χ0v) is 16.8. The summed E-state index contributed by atoms with van der Waals surface area (Å²) in [6.07, 6.45) is 2.72. The van der Waals surface area contributed by atoms with Crippen LogP contribution in [0.15, 0.2) is 41.0 Å². The minimum absolute atomic E-state index is 0.0311. The average molecular weight is 405 g/mol. The van der Waals surface area contributed by atoms with Crippen molar-refractivity contribution in [1.29, 1.82) is 0 Å². The number of nitrogens with one attached hydrogen (secondary N) is 1. The second-order valence-electron chi connectivity index (χ2n) is 7.08.